The van der Waals surface area contributed by atoms with Gasteiger partial charge in [-0.1, -0.05) is 18.2 Å². The van der Waals surface area contributed by atoms with Crippen molar-refractivity contribution in [3.63, 3.8) is 0 Å². The number of hydrogen-bond acceptors (Lipinski definition) is 5. The highest BCUT2D eigenvalue weighted by Gasteiger charge is 2.06. The van der Waals surface area contributed by atoms with Gasteiger partial charge in [-0.3, -0.25) is 4.79 Å². The summed E-state index contributed by atoms with van der Waals surface area (Å²) in [5, 5.41) is 7.94. The standard InChI is InChI=1S/C18H17N3O2S/c1-23-15-7-4-13(5-8-15)11-19-17-9-6-14(12-20-17)21-18(22)16-3-2-10-24-16/h2-10,12H,11H2,1H3,(H,19,20)(H,21,22). The maximum Gasteiger partial charge on any atom is 0.265 e. The number of ether oxygens (including phenoxy) is 1. The SMILES string of the molecule is COc1ccc(CNc2ccc(NC(=O)c3cccs3)cn2)cc1. The number of pyridine rings is 1. The zero-order valence-corrected chi connectivity index (χ0v) is 14.0. The van der Waals surface area contributed by atoms with Gasteiger partial charge in [0.25, 0.3) is 5.91 Å². The predicted octanol–water partition coefficient (Wildman–Crippen LogP) is 4.02. The van der Waals surface area contributed by atoms with Crippen LogP contribution in [0.25, 0.3) is 0 Å². The molecular weight excluding hydrogens is 322 g/mol. The lowest BCUT2D eigenvalue weighted by Gasteiger charge is -2.08. The predicted molar refractivity (Wildman–Crippen MR) is 96.8 cm³/mol. The van der Waals surface area contributed by atoms with E-state index in [1.54, 1.807) is 19.4 Å². The first-order chi connectivity index (χ1) is 11.7. The maximum absolute atomic E-state index is 12.0. The van der Waals surface area contributed by atoms with Gasteiger partial charge in [-0.05, 0) is 41.3 Å². The molecule has 0 fully saturated rings. The summed E-state index contributed by atoms with van der Waals surface area (Å²) < 4.78 is 5.14. The Bertz CT molecular complexity index is 784. The van der Waals surface area contributed by atoms with E-state index >= 15 is 0 Å². The van der Waals surface area contributed by atoms with Gasteiger partial charge < -0.3 is 15.4 Å². The first kappa shape index (κ1) is 16.0. The zero-order valence-electron chi connectivity index (χ0n) is 13.2. The number of methoxy groups -OCH3 is 1. The summed E-state index contributed by atoms with van der Waals surface area (Å²) in [5.74, 6) is 1.47. The first-order valence-corrected chi connectivity index (χ1v) is 8.30. The van der Waals surface area contributed by atoms with E-state index < -0.39 is 0 Å². The van der Waals surface area contributed by atoms with Crippen molar-refractivity contribution >= 4 is 28.7 Å². The van der Waals surface area contributed by atoms with E-state index in [-0.39, 0.29) is 5.91 Å². The van der Waals surface area contributed by atoms with Crippen LogP contribution in [0.5, 0.6) is 5.75 Å². The minimum absolute atomic E-state index is 0.120. The number of aromatic nitrogens is 1. The molecule has 0 radical (unpaired) electrons. The lowest BCUT2D eigenvalue weighted by molar-refractivity contribution is 0.103. The van der Waals surface area contributed by atoms with Crippen LogP contribution in [0.3, 0.4) is 0 Å². The number of hydrogen-bond donors (Lipinski definition) is 2. The molecule has 122 valence electrons. The Hall–Kier alpha value is -2.86. The second kappa shape index (κ2) is 7.61. The summed E-state index contributed by atoms with van der Waals surface area (Å²) in [7, 11) is 1.65. The van der Waals surface area contributed by atoms with Crippen molar-refractivity contribution in [3.05, 3.63) is 70.5 Å². The summed E-state index contributed by atoms with van der Waals surface area (Å²) in [5.41, 5.74) is 1.80. The van der Waals surface area contributed by atoms with Crippen LogP contribution < -0.4 is 15.4 Å². The molecule has 0 atom stereocenters. The quantitative estimate of drug-likeness (QED) is 0.712. The molecule has 0 aliphatic carbocycles. The van der Waals surface area contributed by atoms with Gasteiger partial charge in [-0.15, -0.1) is 11.3 Å². The molecule has 2 aromatic heterocycles. The topological polar surface area (TPSA) is 63.2 Å². The Kier molecular flexibility index (Phi) is 5.08. The molecule has 0 spiro atoms. The van der Waals surface area contributed by atoms with Crippen LogP contribution in [-0.2, 0) is 6.54 Å². The van der Waals surface area contributed by atoms with Crippen LogP contribution in [0.2, 0.25) is 0 Å². The summed E-state index contributed by atoms with van der Waals surface area (Å²) >= 11 is 1.41. The molecule has 6 heteroatoms. The lowest BCUT2D eigenvalue weighted by atomic mass is 10.2. The van der Waals surface area contributed by atoms with Crippen molar-refractivity contribution in [1.29, 1.82) is 0 Å². The van der Waals surface area contributed by atoms with E-state index in [1.165, 1.54) is 11.3 Å². The van der Waals surface area contributed by atoms with Crippen molar-refractivity contribution in [2.75, 3.05) is 17.7 Å². The number of thiophene rings is 1. The second-order valence-electron chi connectivity index (χ2n) is 5.07. The van der Waals surface area contributed by atoms with Crippen molar-refractivity contribution in [2.45, 2.75) is 6.54 Å². The second-order valence-corrected chi connectivity index (χ2v) is 6.01. The number of rotatable bonds is 6. The number of nitrogens with one attached hydrogen (secondary N) is 2. The normalized spacial score (nSPS) is 10.2. The van der Waals surface area contributed by atoms with Gasteiger partial charge >= 0.3 is 0 Å². The number of carbonyl (C=O) groups is 1. The number of carbonyl (C=O) groups excluding carboxylic acids is 1. The monoisotopic (exact) mass is 339 g/mol. The fourth-order valence-electron chi connectivity index (χ4n) is 2.11. The van der Waals surface area contributed by atoms with E-state index in [9.17, 15) is 4.79 Å². The fourth-order valence-corrected chi connectivity index (χ4v) is 2.73. The van der Waals surface area contributed by atoms with Gasteiger partial charge in [-0.2, -0.15) is 0 Å². The third-order valence-corrected chi connectivity index (χ3v) is 4.27. The van der Waals surface area contributed by atoms with Gasteiger partial charge in [0.1, 0.15) is 11.6 Å². The number of anilines is 2. The minimum Gasteiger partial charge on any atom is -0.497 e. The van der Waals surface area contributed by atoms with Gasteiger partial charge in [0, 0.05) is 6.54 Å². The average molecular weight is 339 g/mol. The first-order valence-electron chi connectivity index (χ1n) is 7.42. The third-order valence-electron chi connectivity index (χ3n) is 3.40. The van der Waals surface area contributed by atoms with E-state index in [1.807, 2.05) is 47.8 Å². The van der Waals surface area contributed by atoms with Crippen molar-refractivity contribution in [1.82, 2.24) is 4.98 Å². The van der Waals surface area contributed by atoms with Crippen molar-refractivity contribution in [2.24, 2.45) is 0 Å². The molecule has 0 aliphatic heterocycles. The third kappa shape index (κ3) is 4.11. The molecule has 0 saturated heterocycles. The Labute approximate surface area is 144 Å². The van der Waals surface area contributed by atoms with Crippen LogP contribution in [0, 0.1) is 0 Å². The van der Waals surface area contributed by atoms with Crippen LogP contribution in [0.4, 0.5) is 11.5 Å². The summed E-state index contributed by atoms with van der Waals surface area (Å²) in [4.78, 5) is 17.0. The molecule has 1 aromatic carbocycles. The summed E-state index contributed by atoms with van der Waals surface area (Å²) in [6.45, 7) is 0.665. The maximum atomic E-state index is 12.0. The highest BCUT2D eigenvalue weighted by Crippen LogP contribution is 2.15. The van der Waals surface area contributed by atoms with Crippen LogP contribution in [0.1, 0.15) is 15.2 Å². The molecule has 2 heterocycles. The Morgan fingerprint density at radius 1 is 1.17 bits per heavy atom. The Morgan fingerprint density at radius 2 is 2.00 bits per heavy atom. The van der Waals surface area contributed by atoms with Gasteiger partial charge in [-0.25, -0.2) is 4.98 Å². The molecule has 2 N–H and O–H groups in total. The summed E-state index contributed by atoms with van der Waals surface area (Å²) in [6, 6.07) is 15.2. The largest absolute Gasteiger partial charge is 0.497 e. The molecule has 24 heavy (non-hydrogen) atoms. The molecule has 1 amide bonds. The molecule has 0 unspecified atom stereocenters. The summed E-state index contributed by atoms with van der Waals surface area (Å²) in [6.07, 6.45) is 1.64. The molecule has 5 nitrogen and oxygen atoms in total. The van der Waals surface area contributed by atoms with Crippen LogP contribution >= 0.6 is 11.3 Å². The Morgan fingerprint density at radius 3 is 2.62 bits per heavy atom. The molecular formula is C18H17N3O2S. The van der Waals surface area contributed by atoms with E-state index in [0.717, 1.165) is 17.1 Å². The van der Waals surface area contributed by atoms with E-state index in [0.29, 0.717) is 17.1 Å². The fraction of sp³-hybridized carbons (Fsp3) is 0.111. The molecule has 3 rings (SSSR count). The molecule has 3 aromatic rings. The lowest BCUT2D eigenvalue weighted by Crippen LogP contribution is -2.10. The zero-order chi connectivity index (χ0) is 16.8. The smallest absolute Gasteiger partial charge is 0.265 e. The minimum atomic E-state index is -0.120. The highest BCUT2D eigenvalue weighted by molar-refractivity contribution is 7.12. The average Bonchev–Trinajstić information content (AvgIpc) is 3.16. The molecule has 0 aliphatic rings. The molecule has 0 bridgehead atoms. The number of nitrogens with zero attached hydrogens (tertiary/aromatic N) is 1. The van der Waals surface area contributed by atoms with Gasteiger partial charge in [0.05, 0.1) is 23.9 Å². The van der Waals surface area contributed by atoms with Crippen molar-refractivity contribution < 1.29 is 9.53 Å². The number of amides is 1. The van der Waals surface area contributed by atoms with E-state index in [4.69, 9.17) is 4.74 Å². The highest BCUT2D eigenvalue weighted by atomic mass is 32.1. The van der Waals surface area contributed by atoms with Gasteiger partial charge in [0.2, 0.25) is 0 Å². The van der Waals surface area contributed by atoms with Gasteiger partial charge in [0.15, 0.2) is 0 Å². The van der Waals surface area contributed by atoms with Crippen LogP contribution in [0.15, 0.2) is 60.1 Å². The molecule has 0 saturated carbocycles. The van der Waals surface area contributed by atoms with E-state index in [2.05, 4.69) is 15.6 Å². The van der Waals surface area contributed by atoms with Crippen LogP contribution in [-0.4, -0.2) is 18.0 Å². The Balaban J connectivity index is 1.55. The van der Waals surface area contributed by atoms with Crippen molar-refractivity contribution in [3.8, 4) is 5.75 Å². The number of benzene rings is 1.